The third-order valence-electron chi connectivity index (χ3n) is 5.22. The van der Waals surface area contributed by atoms with Crippen molar-refractivity contribution in [3.8, 4) is 0 Å². The Balaban J connectivity index is 1.87. The smallest absolute Gasteiger partial charge is 0.242 e. The minimum Gasteiger partial charge on any atom is -0.383 e. The highest BCUT2D eigenvalue weighted by atomic mass is 32.1. The zero-order chi connectivity index (χ0) is 21.0. The van der Waals surface area contributed by atoms with E-state index >= 15 is 0 Å². The lowest BCUT2D eigenvalue weighted by atomic mass is 9.92. The molecule has 1 atom stereocenters. The van der Waals surface area contributed by atoms with Crippen LogP contribution in [0.2, 0.25) is 0 Å². The number of hydrogen-bond acceptors (Lipinski definition) is 4. The molecule has 1 aliphatic heterocycles. The second kappa shape index (κ2) is 9.09. The van der Waals surface area contributed by atoms with Crippen molar-refractivity contribution in [3.05, 3.63) is 57.8 Å². The van der Waals surface area contributed by atoms with Crippen molar-refractivity contribution in [1.82, 2.24) is 9.80 Å². The summed E-state index contributed by atoms with van der Waals surface area (Å²) < 4.78 is 5.17. The van der Waals surface area contributed by atoms with Gasteiger partial charge in [-0.1, -0.05) is 51.1 Å². The van der Waals surface area contributed by atoms with Gasteiger partial charge in [-0.2, -0.15) is 0 Å². The molecule has 156 valence electrons. The van der Waals surface area contributed by atoms with Crippen LogP contribution in [0.3, 0.4) is 0 Å². The predicted molar refractivity (Wildman–Crippen MR) is 116 cm³/mol. The largest absolute Gasteiger partial charge is 0.383 e. The Morgan fingerprint density at radius 1 is 1.21 bits per heavy atom. The molecule has 29 heavy (non-hydrogen) atoms. The maximum Gasteiger partial charge on any atom is 0.242 e. The molecule has 0 saturated heterocycles. The number of nitrogens with zero attached hydrogens (tertiary/aromatic N) is 2. The Labute approximate surface area is 177 Å². The van der Waals surface area contributed by atoms with Crippen LogP contribution in [0.1, 0.15) is 42.8 Å². The van der Waals surface area contributed by atoms with E-state index < -0.39 is 5.41 Å². The first-order chi connectivity index (χ1) is 13.8. The third-order valence-corrected chi connectivity index (χ3v) is 6.22. The van der Waals surface area contributed by atoms with Gasteiger partial charge in [-0.25, -0.2) is 0 Å². The quantitative estimate of drug-likeness (QED) is 0.723. The fraction of sp³-hybridized carbons (Fsp3) is 0.478. The first-order valence-electron chi connectivity index (χ1n) is 10.0. The summed E-state index contributed by atoms with van der Waals surface area (Å²) in [6.45, 7) is 7.19. The van der Waals surface area contributed by atoms with Crippen molar-refractivity contribution < 1.29 is 14.3 Å². The highest BCUT2D eigenvalue weighted by Gasteiger charge is 2.35. The van der Waals surface area contributed by atoms with Crippen molar-refractivity contribution in [2.45, 2.75) is 33.2 Å². The van der Waals surface area contributed by atoms with Crippen LogP contribution in [-0.2, 0) is 20.7 Å². The molecular formula is C23H30N2O3S. The third kappa shape index (κ3) is 4.87. The molecule has 2 amide bonds. The standard InChI is InChI=1S/C23H30N2O3S/c1-23(2,3)22(27)24(13-14-28-4)16-20(26)25-12-10-19-18(11-15-29-19)21(25)17-8-6-5-7-9-17/h5-9,11,15,21H,10,12-14,16H2,1-4H3/t21-/m1/s1. The maximum absolute atomic E-state index is 13.4. The van der Waals surface area contributed by atoms with Gasteiger partial charge in [0.25, 0.3) is 0 Å². The molecule has 6 heteroatoms. The van der Waals surface area contributed by atoms with E-state index in [1.807, 2.05) is 43.9 Å². The number of fused-ring (bicyclic) bond motifs is 1. The number of carbonyl (C=O) groups excluding carboxylic acids is 2. The van der Waals surface area contributed by atoms with Gasteiger partial charge >= 0.3 is 0 Å². The Bertz CT molecular complexity index is 841. The average molecular weight is 415 g/mol. The molecule has 0 aliphatic carbocycles. The summed E-state index contributed by atoms with van der Waals surface area (Å²) in [6.07, 6.45) is 0.855. The summed E-state index contributed by atoms with van der Waals surface area (Å²) in [6, 6.07) is 12.2. The van der Waals surface area contributed by atoms with Gasteiger partial charge < -0.3 is 14.5 Å². The molecule has 1 aliphatic rings. The minimum absolute atomic E-state index is 0.0237. The van der Waals surface area contributed by atoms with Crippen LogP contribution >= 0.6 is 11.3 Å². The van der Waals surface area contributed by atoms with Gasteiger partial charge in [0.1, 0.15) is 0 Å². The zero-order valence-electron chi connectivity index (χ0n) is 17.7. The summed E-state index contributed by atoms with van der Waals surface area (Å²) in [5.74, 6) is -0.0585. The Hall–Kier alpha value is -2.18. The molecule has 2 aromatic rings. The van der Waals surface area contributed by atoms with Crippen LogP contribution in [0.4, 0.5) is 0 Å². The lowest BCUT2D eigenvalue weighted by Gasteiger charge is -2.38. The molecule has 0 spiro atoms. The minimum atomic E-state index is -0.546. The number of amides is 2. The maximum atomic E-state index is 13.4. The molecule has 3 rings (SSSR count). The predicted octanol–water partition coefficient (Wildman–Crippen LogP) is 3.74. The average Bonchev–Trinajstić information content (AvgIpc) is 3.18. The number of methoxy groups -OCH3 is 1. The van der Waals surface area contributed by atoms with Crippen LogP contribution in [0, 0.1) is 5.41 Å². The molecule has 0 saturated carbocycles. The second-order valence-electron chi connectivity index (χ2n) is 8.42. The van der Waals surface area contributed by atoms with E-state index in [4.69, 9.17) is 4.74 Å². The van der Waals surface area contributed by atoms with E-state index in [1.54, 1.807) is 23.3 Å². The fourth-order valence-electron chi connectivity index (χ4n) is 3.76. The molecule has 0 radical (unpaired) electrons. The van der Waals surface area contributed by atoms with Crippen LogP contribution in [-0.4, -0.2) is 55.0 Å². The molecule has 2 heterocycles. The normalized spacial score (nSPS) is 16.4. The van der Waals surface area contributed by atoms with Gasteiger partial charge in [-0.15, -0.1) is 11.3 Å². The molecular weight excluding hydrogens is 384 g/mol. The lowest BCUT2D eigenvalue weighted by Crippen LogP contribution is -2.49. The van der Waals surface area contributed by atoms with E-state index in [9.17, 15) is 9.59 Å². The SMILES string of the molecule is COCCN(CC(=O)N1CCc2sccc2[C@H]1c1ccccc1)C(=O)C(C)(C)C. The van der Waals surface area contributed by atoms with Gasteiger partial charge in [-0.3, -0.25) is 9.59 Å². The fourth-order valence-corrected chi connectivity index (χ4v) is 4.67. The molecule has 0 bridgehead atoms. The summed E-state index contributed by atoms with van der Waals surface area (Å²) in [5, 5.41) is 2.10. The van der Waals surface area contributed by atoms with Crippen molar-refractivity contribution in [2.75, 3.05) is 33.4 Å². The summed E-state index contributed by atoms with van der Waals surface area (Å²) in [5.41, 5.74) is 1.76. The highest BCUT2D eigenvalue weighted by Crippen LogP contribution is 2.37. The summed E-state index contributed by atoms with van der Waals surface area (Å²) in [7, 11) is 1.61. The van der Waals surface area contributed by atoms with Crippen molar-refractivity contribution in [2.24, 2.45) is 5.41 Å². The van der Waals surface area contributed by atoms with Crippen molar-refractivity contribution in [1.29, 1.82) is 0 Å². The molecule has 0 N–H and O–H groups in total. The summed E-state index contributed by atoms with van der Waals surface area (Å²) >= 11 is 1.75. The Kier molecular flexibility index (Phi) is 6.75. The zero-order valence-corrected chi connectivity index (χ0v) is 18.5. The van der Waals surface area contributed by atoms with E-state index in [1.165, 1.54) is 10.4 Å². The van der Waals surface area contributed by atoms with Crippen LogP contribution in [0.25, 0.3) is 0 Å². The number of benzene rings is 1. The number of hydrogen-bond donors (Lipinski definition) is 0. The van der Waals surface area contributed by atoms with Gasteiger partial charge in [-0.05, 0) is 29.0 Å². The summed E-state index contributed by atoms with van der Waals surface area (Å²) in [4.78, 5) is 31.2. The van der Waals surface area contributed by atoms with Crippen LogP contribution in [0.5, 0.6) is 0 Å². The number of thiophene rings is 1. The highest BCUT2D eigenvalue weighted by molar-refractivity contribution is 7.10. The van der Waals surface area contributed by atoms with E-state index in [0.29, 0.717) is 19.7 Å². The molecule has 1 aromatic carbocycles. The van der Waals surface area contributed by atoms with Gasteiger partial charge in [0.15, 0.2) is 0 Å². The number of rotatable bonds is 6. The van der Waals surface area contributed by atoms with Gasteiger partial charge in [0, 0.05) is 30.5 Å². The van der Waals surface area contributed by atoms with Crippen molar-refractivity contribution >= 4 is 23.2 Å². The van der Waals surface area contributed by atoms with E-state index in [2.05, 4.69) is 23.6 Å². The number of carbonyl (C=O) groups is 2. The molecule has 5 nitrogen and oxygen atoms in total. The first kappa shape index (κ1) is 21.5. The van der Waals surface area contributed by atoms with Crippen LogP contribution in [0.15, 0.2) is 41.8 Å². The van der Waals surface area contributed by atoms with Crippen LogP contribution < -0.4 is 0 Å². The van der Waals surface area contributed by atoms with Gasteiger partial charge in [0.2, 0.25) is 11.8 Å². The topological polar surface area (TPSA) is 49.9 Å². The molecule has 0 fully saturated rings. The Morgan fingerprint density at radius 2 is 1.93 bits per heavy atom. The molecule has 0 unspecified atom stereocenters. The van der Waals surface area contributed by atoms with Gasteiger partial charge in [0.05, 0.1) is 19.2 Å². The first-order valence-corrected chi connectivity index (χ1v) is 10.9. The lowest BCUT2D eigenvalue weighted by molar-refractivity contribution is -0.147. The Morgan fingerprint density at radius 3 is 2.59 bits per heavy atom. The monoisotopic (exact) mass is 414 g/mol. The molecule has 1 aromatic heterocycles. The van der Waals surface area contributed by atoms with E-state index in [-0.39, 0.29) is 24.4 Å². The second-order valence-corrected chi connectivity index (χ2v) is 9.42. The van der Waals surface area contributed by atoms with E-state index in [0.717, 1.165) is 12.0 Å². The van der Waals surface area contributed by atoms with Crippen molar-refractivity contribution in [3.63, 3.8) is 0 Å². The number of ether oxygens (including phenoxy) is 1.